The minimum atomic E-state index is -0.550. The standard InChI is InChI=1S/C14H17NO2/c1-9(16)14(15)12-4-3-11-8-13(17-2)6-5-10(11)7-12/h3-9,14,16H,15H2,1-2H3. The van der Waals surface area contributed by atoms with Crippen molar-refractivity contribution >= 4 is 10.8 Å². The van der Waals surface area contributed by atoms with Crippen molar-refractivity contribution < 1.29 is 9.84 Å². The van der Waals surface area contributed by atoms with Crippen LogP contribution in [0.25, 0.3) is 10.8 Å². The molecule has 0 heterocycles. The quantitative estimate of drug-likeness (QED) is 0.851. The van der Waals surface area contributed by atoms with Gasteiger partial charge >= 0.3 is 0 Å². The largest absolute Gasteiger partial charge is 0.497 e. The van der Waals surface area contributed by atoms with E-state index in [4.69, 9.17) is 10.5 Å². The molecule has 17 heavy (non-hydrogen) atoms. The van der Waals surface area contributed by atoms with Crippen LogP contribution in [-0.2, 0) is 0 Å². The van der Waals surface area contributed by atoms with Crippen molar-refractivity contribution in [2.24, 2.45) is 5.73 Å². The summed E-state index contributed by atoms with van der Waals surface area (Å²) in [6.07, 6.45) is -0.550. The van der Waals surface area contributed by atoms with Gasteiger partial charge in [-0.3, -0.25) is 0 Å². The zero-order chi connectivity index (χ0) is 12.4. The van der Waals surface area contributed by atoms with Crippen LogP contribution < -0.4 is 10.5 Å². The molecule has 0 bridgehead atoms. The highest BCUT2D eigenvalue weighted by Gasteiger charge is 2.12. The first kappa shape index (κ1) is 11.9. The molecule has 90 valence electrons. The number of aliphatic hydroxyl groups is 1. The van der Waals surface area contributed by atoms with Crippen LogP contribution in [0, 0.1) is 0 Å². The average molecular weight is 231 g/mol. The highest BCUT2D eigenvalue weighted by molar-refractivity contribution is 5.84. The van der Waals surface area contributed by atoms with E-state index in [9.17, 15) is 5.11 Å². The van der Waals surface area contributed by atoms with Crippen LogP contribution in [0.3, 0.4) is 0 Å². The van der Waals surface area contributed by atoms with Crippen molar-refractivity contribution in [2.75, 3.05) is 7.11 Å². The lowest BCUT2D eigenvalue weighted by molar-refractivity contribution is 0.164. The maximum atomic E-state index is 9.48. The number of rotatable bonds is 3. The molecule has 0 spiro atoms. The maximum absolute atomic E-state index is 9.48. The topological polar surface area (TPSA) is 55.5 Å². The number of ether oxygens (including phenoxy) is 1. The Balaban J connectivity index is 2.44. The molecule has 0 amide bonds. The third kappa shape index (κ3) is 2.40. The van der Waals surface area contributed by atoms with Crippen LogP contribution in [-0.4, -0.2) is 18.3 Å². The summed E-state index contributed by atoms with van der Waals surface area (Å²) in [7, 11) is 1.65. The van der Waals surface area contributed by atoms with Crippen LogP contribution in [0.4, 0.5) is 0 Å². The molecule has 3 heteroatoms. The first-order valence-electron chi connectivity index (χ1n) is 5.63. The molecule has 3 nitrogen and oxygen atoms in total. The smallest absolute Gasteiger partial charge is 0.119 e. The fourth-order valence-corrected chi connectivity index (χ4v) is 1.86. The Labute approximate surface area is 101 Å². The van der Waals surface area contributed by atoms with E-state index in [1.54, 1.807) is 14.0 Å². The average Bonchev–Trinajstić information content (AvgIpc) is 2.36. The fraction of sp³-hybridized carbons (Fsp3) is 0.286. The summed E-state index contributed by atoms with van der Waals surface area (Å²) in [5.41, 5.74) is 6.85. The third-order valence-electron chi connectivity index (χ3n) is 2.98. The van der Waals surface area contributed by atoms with Crippen LogP contribution in [0.2, 0.25) is 0 Å². The van der Waals surface area contributed by atoms with Gasteiger partial charge in [0.15, 0.2) is 0 Å². The summed E-state index contributed by atoms with van der Waals surface area (Å²) in [5, 5.41) is 11.7. The molecule has 0 aliphatic heterocycles. The molecule has 2 unspecified atom stereocenters. The molecule has 0 aromatic heterocycles. The van der Waals surface area contributed by atoms with Gasteiger partial charge in [0.1, 0.15) is 5.75 Å². The van der Waals surface area contributed by atoms with E-state index >= 15 is 0 Å². The molecule has 0 aliphatic rings. The van der Waals surface area contributed by atoms with E-state index in [1.807, 2.05) is 36.4 Å². The molecule has 3 N–H and O–H groups in total. The van der Waals surface area contributed by atoms with E-state index < -0.39 is 6.10 Å². The summed E-state index contributed by atoms with van der Waals surface area (Å²) < 4.78 is 5.17. The molecule has 2 aromatic rings. The SMILES string of the molecule is COc1ccc2cc(C(N)C(C)O)ccc2c1. The van der Waals surface area contributed by atoms with Crippen molar-refractivity contribution in [1.29, 1.82) is 0 Å². The molecular formula is C14H17NO2. The van der Waals surface area contributed by atoms with Crippen molar-refractivity contribution in [2.45, 2.75) is 19.1 Å². The summed E-state index contributed by atoms with van der Waals surface area (Å²) in [6.45, 7) is 1.70. The summed E-state index contributed by atoms with van der Waals surface area (Å²) >= 11 is 0. The Bertz CT molecular complexity index is 523. The lowest BCUT2D eigenvalue weighted by atomic mass is 9.99. The Hall–Kier alpha value is -1.58. The van der Waals surface area contributed by atoms with Crippen molar-refractivity contribution in [3.05, 3.63) is 42.0 Å². The first-order chi connectivity index (χ1) is 8.11. The van der Waals surface area contributed by atoms with Crippen LogP contribution >= 0.6 is 0 Å². The number of fused-ring (bicyclic) bond motifs is 1. The van der Waals surface area contributed by atoms with E-state index in [1.165, 1.54) is 0 Å². The zero-order valence-electron chi connectivity index (χ0n) is 10.1. The summed E-state index contributed by atoms with van der Waals surface area (Å²) in [5.74, 6) is 0.838. The fourth-order valence-electron chi connectivity index (χ4n) is 1.86. The van der Waals surface area contributed by atoms with Crippen molar-refractivity contribution in [3.8, 4) is 5.75 Å². The van der Waals surface area contributed by atoms with Gasteiger partial charge in [0.05, 0.1) is 19.3 Å². The van der Waals surface area contributed by atoms with Gasteiger partial charge in [-0.1, -0.05) is 18.2 Å². The number of nitrogens with two attached hydrogens (primary N) is 1. The molecule has 0 fully saturated rings. The van der Waals surface area contributed by atoms with E-state index in [-0.39, 0.29) is 6.04 Å². The lowest BCUT2D eigenvalue weighted by Crippen LogP contribution is -2.22. The second-order valence-electron chi connectivity index (χ2n) is 4.24. The number of hydrogen-bond donors (Lipinski definition) is 2. The van der Waals surface area contributed by atoms with Gasteiger partial charge in [-0.05, 0) is 41.5 Å². The summed E-state index contributed by atoms with van der Waals surface area (Å²) in [4.78, 5) is 0. The van der Waals surface area contributed by atoms with E-state index in [0.717, 1.165) is 22.1 Å². The number of aliphatic hydroxyl groups excluding tert-OH is 1. The van der Waals surface area contributed by atoms with Crippen LogP contribution in [0.5, 0.6) is 5.75 Å². The van der Waals surface area contributed by atoms with Crippen molar-refractivity contribution in [1.82, 2.24) is 0 Å². The second-order valence-corrected chi connectivity index (χ2v) is 4.24. The Morgan fingerprint density at radius 1 is 1.12 bits per heavy atom. The molecule has 0 radical (unpaired) electrons. The van der Waals surface area contributed by atoms with Gasteiger partial charge in [-0.2, -0.15) is 0 Å². The number of methoxy groups -OCH3 is 1. The van der Waals surface area contributed by atoms with Gasteiger partial charge in [0.2, 0.25) is 0 Å². The first-order valence-corrected chi connectivity index (χ1v) is 5.63. The molecular weight excluding hydrogens is 214 g/mol. The molecule has 0 saturated heterocycles. The normalized spacial score (nSPS) is 14.6. The van der Waals surface area contributed by atoms with Gasteiger partial charge in [-0.25, -0.2) is 0 Å². The number of hydrogen-bond acceptors (Lipinski definition) is 3. The van der Waals surface area contributed by atoms with Gasteiger partial charge < -0.3 is 15.6 Å². The van der Waals surface area contributed by atoms with E-state index in [2.05, 4.69) is 0 Å². The predicted octanol–water partition coefficient (Wildman–Crippen LogP) is 2.23. The molecule has 2 aromatic carbocycles. The van der Waals surface area contributed by atoms with Gasteiger partial charge in [0.25, 0.3) is 0 Å². The van der Waals surface area contributed by atoms with Gasteiger partial charge in [0, 0.05) is 0 Å². The molecule has 0 saturated carbocycles. The Morgan fingerprint density at radius 2 is 1.76 bits per heavy atom. The van der Waals surface area contributed by atoms with Crippen LogP contribution in [0.15, 0.2) is 36.4 Å². The van der Waals surface area contributed by atoms with Crippen molar-refractivity contribution in [3.63, 3.8) is 0 Å². The predicted molar refractivity (Wildman–Crippen MR) is 69.1 cm³/mol. The maximum Gasteiger partial charge on any atom is 0.119 e. The number of benzene rings is 2. The lowest BCUT2D eigenvalue weighted by Gasteiger charge is -2.15. The monoisotopic (exact) mass is 231 g/mol. The second kappa shape index (κ2) is 4.73. The Kier molecular flexibility index (Phi) is 3.31. The minimum Gasteiger partial charge on any atom is -0.497 e. The minimum absolute atomic E-state index is 0.346. The third-order valence-corrected chi connectivity index (χ3v) is 2.98. The van der Waals surface area contributed by atoms with Crippen LogP contribution in [0.1, 0.15) is 18.5 Å². The summed E-state index contributed by atoms with van der Waals surface area (Å²) in [6, 6.07) is 11.5. The highest BCUT2D eigenvalue weighted by Crippen LogP contribution is 2.24. The zero-order valence-corrected chi connectivity index (χ0v) is 10.1. The molecule has 0 aliphatic carbocycles. The van der Waals surface area contributed by atoms with E-state index in [0.29, 0.717) is 0 Å². The molecule has 2 rings (SSSR count). The Morgan fingerprint density at radius 3 is 2.41 bits per heavy atom. The van der Waals surface area contributed by atoms with Gasteiger partial charge in [-0.15, -0.1) is 0 Å². The highest BCUT2D eigenvalue weighted by atomic mass is 16.5. The molecule has 2 atom stereocenters.